The van der Waals surface area contributed by atoms with Gasteiger partial charge < -0.3 is 21.1 Å². The van der Waals surface area contributed by atoms with Gasteiger partial charge in [-0.3, -0.25) is 9.59 Å². The van der Waals surface area contributed by atoms with E-state index in [0.717, 1.165) is 22.3 Å². The van der Waals surface area contributed by atoms with Crippen LogP contribution in [0.1, 0.15) is 61.1 Å². The van der Waals surface area contributed by atoms with Crippen molar-refractivity contribution in [3.05, 3.63) is 52.1 Å². The third kappa shape index (κ3) is 5.18. The van der Waals surface area contributed by atoms with Crippen LogP contribution in [0.15, 0.2) is 24.3 Å². The Balaban J connectivity index is 0.00000363. The van der Waals surface area contributed by atoms with E-state index in [2.05, 4.69) is 5.32 Å². The molecule has 4 N–H and O–H groups in total. The Morgan fingerprint density at radius 2 is 1.81 bits per heavy atom. The first-order valence-corrected chi connectivity index (χ1v) is 10.7. The molecule has 32 heavy (non-hydrogen) atoms. The predicted molar refractivity (Wildman–Crippen MR) is 131 cm³/mol. The smallest absolute Gasteiger partial charge is 0.251 e. The van der Waals surface area contributed by atoms with E-state index in [0.29, 0.717) is 36.3 Å². The molecule has 174 valence electrons. The molecule has 1 atom stereocenters. The minimum atomic E-state index is -0.754. The largest absolute Gasteiger partial charge is 0.507 e. The summed E-state index contributed by atoms with van der Waals surface area (Å²) in [4.78, 5) is 28.4. The molecule has 1 unspecified atom stereocenters. The maximum atomic E-state index is 13.6. The highest BCUT2D eigenvalue weighted by Crippen LogP contribution is 2.36. The molecule has 0 aliphatic carbocycles. The van der Waals surface area contributed by atoms with Crippen molar-refractivity contribution >= 4 is 35.6 Å². The monoisotopic (exact) mass is 459 g/mol. The van der Waals surface area contributed by atoms with Crippen LogP contribution in [0.2, 0.25) is 0 Å². The van der Waals surface area contributed by atoms with E-state index in [1.807, 2.05) is 46.8 Å². The Kier molecular flexibility index (Phi) is 7.51. The summed E-state index contributed by atoms with van der Waals surface area (Å²) in [5.41, 5.74) is 11.1. The average molecular weight is 460 g/mol. The van der Waals surface area contributed by atoms with Gasteiger partial charge in [-0.25, -0.2) is 0 Å². The Morgan fingerprint density at radius 3 is 2.44 bits per heavy atom. The number of carbonyl (C=O) groups is 2. The van der Waals surface area contributed by atoms with Gasteiger partial charge in [0.1, 0.15) is 11.8 Å². The van der Waals surface area contributed by atoms with Gasteiger partial charge in [0.2, 0.25) is 5.91 Å². The summed E-state index contributed by atoms with van der Waals surface area (Å²) in [6, 6.07) is 6.58. The molecule has 2 aromatic carbocycles. The number of carbonyl (C=O) groups excluding carboxylic acids is 2. The molecule has 0 spiro atoms. The summed E-state index contributed by atoms with van der Waals surface area (Å²) in [6.45, 7) is 12.0. The van der Waals surface area contributed by atoms with E-state index in [1.54, 1.807) is 24.0 Å². The van der Waals surface area contributed by atoms with Gasteiger partial charge in [-0.2, -0.15) is 0 Å². The molecule has 1 aliphatic rings. The molecule has 0 bridgehead atoms. The number of halogens is 1. The minimum Gasteiger partial charge on any atom is -0.507 e. The summed E-state index contributed by atoms with van der Waals surface area (Å²) in [6.07, 6.45) is 1.04. The van der Waals surface area contributed by atoms with Gasteiger partial charge in [-0.1, -0.05) is 26.8 Å². The molecule has 0 radical (unpaired) electrons. The second-order valence-corrected chi connectivity index (χ2v) is 9.76. The summed E-state index contributed by atoms with van der Waals surface area (Å²) in [5, 5.41) is 13.2. The van der Waals surface area contributed by atoms with E-state index in [9.17, 15) is 14.7 Å². The lowest BCUT2D eigenvalue weighted by atomic mass is 9.88. The number of phenolic OH excluding ortho intramolecular Hbond substituents is 1. The van der Waals surface area contributed by atoms with Crippen molar-refractivity contribution in [1.29, 1.82) is 0 Å². The zero-order chi connectivity index (χ0) is 23.1. The number of phenols is 1. The van der Waals surface area contributed by atoms with Crippen molar-refractivity contribution in [3.63, 3.8) is 0 Å². The molecular weight excluding hydrogens is 426 g/mol. The van der Waals surface area contributed by atoms with Crippen LogP contribution in [0.5, 0.6) is 5.75 Å². The van der Waals surface area contributed by atoms with Crippen LogP contribution >= 0.6 is 12.4 Å². The summed E-state index contributed by atoms with van der Waals surface area (Å²) in [7, 11) is 0. The molecule has 0 fully saturated rings. The zero-order valence-electron chi connectivity index (χ0n) is 19.7. The van der Waals surface area contributed by atoms with Crippen LogP contribution in [-0.4, -0.2) is 28.4 Å². The lowest BCUT2D eigenvalue weighted by Gasteiger charge is -2.38. The molecule has 7 heteroatoms. The molecule has 0 saturated heterocycles. The second-order valence-electron chi connectivity index (χ2n) is 9.76. The number of nitrogens with two attached hydrogens (primary N) is 1. The SMILES string of the molecule is Cc1cc(NC(=O)C2c3cc(N)ccc3CCN2C(=O)CC(C)(C)C)c(C)c(C)c1O.Cl. The highest BCUT2D eigenvalue weighted by molar-refractivity contribution is 5.99. The van der Waals surface area contributed by atoms with Crippen LogP contribution in [0.4, 0.5) is 11.4 Å². The van der Waals surface area contributed by atoms with Crippen molar-refractivity contribution in [3.8, 4) is 5.75 Å². The van der Waals surface area contributed by atoms with E-state index in [4.69, 9.17) is 5.73 Å². The molecule has 0 aromatic heterocycles. The first-order valence-electron chi connectivity index (χ1n) is 10.7. The number of aryl methyl sites for hydroxylation is 1. The molecular formula is C25H34ClN3O3. The number of anilines is 2. The standard InChI is InChI=1S/C25H33N3O3.ClH/c1-14-11-20(15(2)16(3)23(14)30)27-24(31)22-19-12-18(26)8-7-17(19)9-10-28(22)21(29)13-25(4,5)6;/h7-8,11-12,22,30H,9-10,13,26H2,1-6H3,(H,27,31);1H. The zero-order valence-corrected chi connectivity index (χ0v) is 20.5. The molecule has 1 heterocycles. The number of hydrogen-bond donors (Lipinski definition) is 3. The fourth-order valence-corrected chi connectivity index (χ4v) is 4.14. The fourth-order valence-electron chi connectivity index (χ4n) is 4.14. The molecule has 3 rings (SSSR count). The highest BCUT2D eigenvalue weighted by Gasteiger charge is 2.37. The number of nitrogens with one attached hydrogen (secondary N) is 1. The molecule has 0 saturated carbocycles. The lowest BCUT2D eigenvalue weighted by Crippen LogP contribution is -2.46. The number of rotatable bonds is 3. The minimum absolute atomic E-state index is 0. The van der Waals surface area contributed by atoms with E-state index in [-0.39, 0.29) is 35.4 Å². The van der Waals surface area contributed by atoms with Crippen LogP contribution in [0, 0.1) is 26.2 Å². The number of fused-ring (bicyclic) bond motifs is 1. The average Bonchev–Trinajstić information content (AvgIpc) is 2.67. The Labute approximate surface area is 196 Å². The van der Waals surface area contributed by atoms with Gasteiger partial charge in [0.05, 0.1) is 0 Å². The van der Waals surface area contributed by atoms with Crippen molar-refractivity contribution < 1.29 is 14.7 Å². The van der Waals surface area contributed by atoms with Crippen LogP contribution in [0.25, 0.3) is 0 Å². The maximum absolute atomic E-state index is 13.6. The summed E-state index contributed by atoms with van der Waals surface area (Å²) in [5.74, 6) is -0.0924. The lowest BCUT2D eigenvalue weighted by molar-refractivity contribution is -0.141. The van der Waals surface area contributed by atoms with Crippen LogP contribution in [-0.2, 0) is 16.0 Å². The van der Waals surface area contributed by atoms with Crippen LogP contribution < -0.4 is 11.1 Å². The number of nitrogen functional groups attached to an aromatic ring is 1. The number of nitrogens with zero attached hydrogens (tertiary/aromatic N) is 1. The van der Waals surface area contributed by atoms with Crippen molar-refractivity contribution in [2.24, 2.45) is 5.41 Å². The Morgan fingerprint density at radius 1 is 1.16 bits per heavy atom. The van der Waals surface area contributed by atoms with Gasteiger partial charge >= 0.3 is 0 Å². The molecule has 2 amide bonds. The van der Waals surface area contributed by atoms with Gasteiger partial charge in [0.25, 0.3) is 5.91 Å². The van der Waals surface area contributed by atoms with Crippen LogP contribution in [0.3, 0.4) is 0 Å². The van der Waals surface area contributed by atoms with Gasteiger partial charge in [0.15, 0.2) is 0 Å². The topological polar surface area (TPSA) is 95.7 Å². The van der Waals surface area contributed by atoms with Crippen molar-refractivity contribution in [2.75, 3.05) is 17.6 Å². The Hall–Kier alpha value is -2.73. The van der Waals surface area contributed by atoms with E-state index in [1.165, 1.54) is 0 Å². The normalized spacial score (nSPS) is 15.6. The first-order chi connectivity index (χ1) is 14.4. The molecule has 1 aliphatic heterocycles. The fraction of sp³-hybridized carbons (Fsp3) is 0.440. The number of benzene rings is 2. The van der Waals surface area contributed by atoms with Crippen molar-refractivity contribution in [1.82, 2.24) is 4.90 Å². The second kappa shape index (κ2) is 9.41. The molecule has 2 aromatic rings. The summed E-state index contributed by atoms with van der Waals surface area (Å²) >= 11 is 0. The van der Waals surface area contributed by atoms with Gasteiger partial charge in [0, 0.05) is 24.3 Å². The highest BCUT2D eigenvalue weighted by atomic mass is 35.5. The van der Waals surface area contributed by atoms with E-state index < -0.39 is 6.04 Å². The maximum Gasteiger partial charge on any atom is 0.251 e. The van der Waals surface area contributed by atoms with Gasteiger partial charge in [-0.15, -0.1) is 12.4 Å². The van der Waals surface area contributed by atoms with E-state index >= 15 is 0 Å². The summed E-state index contributed by atoms with van der Waals surface area (Å²) < 4.78 is 0. The number of aromatic hydroxyl groups is 1. The number of hydrogen-bond acceptors (Lipinski definition) is 4. The number of amides is 2. The predicted octanol–water partition coefficient (Wildman–Crippen LogP) is 4.82. The third-order valence-electron chi connectivity index (χ3n) is 5.96. The van der Waals surface area contributed by atoms with Gasteiger partial charge in [-0.05, 0) is 78.6 Å². The molecule has 6 nitrogen and oxygen atoms in total. The Bertz CT molecular complexity index is 1040. The third-order valence-corrected chi connectivity index (χ3v) is 5.96. The quantitative estimate of drug-likeness (QED) is 0.452. The first kappa shape index (κ1) is 25.5. The van der Waals surface area contributed by atoms with Crippen molar-refractivity contribution in [2.45, 2.75) is 60.4 Å².